The second-order valence-corrected chi connectivity index (χ2v) is 10.2. The molecule has 1 saturated carbocycles. The van der Waals surface area contributed by atoms with Gasteiger partial charge >= 0.3 is 0 Å². The lowest BCUT2D eigenvalue weighted by Gasteiger charge is -2.27. The first-order valence-corrected chi connectivity index (χ1v) is 13.5. The SMILES string of the molecule is C/C=C/C1CCC(c2ccc(-c3ccc(-c4ccc(CCCCCC)c(F)c4F)cc3)c(F)c2)CC1. The minimum Gasteiger partial charge on any atom is -0.206 e. The number of aryl methyl sites for hydroxylation is 1. The van der Waals surface area contributed by atoms with Gasteiger partial charge in [-0.05, 0) is 85.6 Å². The van der Waals surface area contributed by atoms with E-state index in [0.717, 1.165) is 62.5 Å². The minimum absolute atomic E-state index is 0.236. The molecule has 4 rings (SSSR count). The van der Waals surface area contributed by atoms with Crippen molar-refractivity contribution in [2.45, 2.75) is 77.6 Å². The lowest BCUT2D eigenvalue weighted by molar-refractivity contribution is 0.375. The third kappa shape index (κ3) is 6.11. The normalized spacial score (nSPS) is 18.1. The van der Waals surface area contributed by atoms with E-state index in [-0.39, 0.29) is 11.4 Å². The summed E-state index contributed by atoms with van der Waals surface area (Å²) in [6, 6.07) is 16.0. The summed E-state index contributed by atoms with van der Waals surface area (Å²) in [7, 11) is 0. The van der Waals surface area contributed by atoms with Crippen LogP contribution in [0.5, 0.6) is 0 Å². The number of allylic oxidation sites excluding steroid dienone is 2. The van der Waals surface area contributed by atoms with Crippen molar-refractivity contribution >= 4 is 0 Å². The third-order valence-corrected chi connectivity index (χ3v) is 7.67. The first kappa shape index (κ1) is 26.3. The van der Waals surface area contributed by atoms with Gasteiger partial charge in [-0.1, -0.05) is 86.9 Å². The predicted octanol–water partition coefficient (Wildman–Crippen LogP) is 10.4. The number of rotatable bonds is 9. The van der Waals surface area contributed by atoms with E-state index < -0.39 is 11.6 Å². The highest BCUT2D eigenvalue weighted by Gasteiger charge is 2.22. The maximum Gasteiger partial charge on any atom is 0.166 e. The van der Waals surface area contributed by atoms with Crippen molar-refractivity contribution < 1.29 is 13.2 Å². The molecule has 0 heterocycles. The van der Waals surface area contributed by atoms with Crippen LogP contribution in [-0.4, -0.2) is 0 Å². The lowest BCUT2D eigenvalue weighted by atomic mass is 9.78. The molecule has 1 aliphatic rings. The van der Waals surface area contributed by atoms with E-state index in [1.807, 2.05) is 12.1 Å². The van der Waals surface area contributed by atoms with Gasteiger partial charge in [0.15, 0.2) is 11.6 Å². The summed E-state index contributed by atoms with van der Waals surface area (Å²) in [6.45, 7) is 4.19. The van der Waals surface area contributed by atoms with Gasteiger partial charge in [0, 0.05) is 11.1 Å². The minimum atomic E-state index is -0.810. The Labute approximate surface area is 214 Å². The van der Waals surface area contributed by atoms with Gasteiger partial charge in [0.05, 0.1) is 0 Å². The Kier molecular flexibility index (Phi) is 9.07. The van der Waals surface area contributed by atoms with Gasteiger partial charge in [0.1, 0.15) is 5.82 Å². The highest BCUT2D eigenvalue weighted by atomic mass is 19.2. The summed E-state index contributed by atoms with van der Waals surface area (Å²) in [5, 5.41) is 0. The fourth-order valence-electron chi connectivity index (χ4n) is 5.51. The highest BCUT2D eigenvalue weighted by molar-refractivity contribution is 5.71. The highest BCUT2D eigenvalue weighted by Crippen LogP contribution is 2.38. The molecule has 0 aliphatic heterocycles. The first-order valence-electron chi connectivity index (χ1n) is 13.5. The third-order valence-electron chi connectivity index (χ3n) is 7.67. The Hall–Kier alpha value is -2.81. The Balaban J connectivity index is 1.46. The Morgan fingerprint density at radius 1 is 0.750 bits per heavy atom. The summed E-state index contributed by atoms with van der Waals surface area (Å²) in [5.41, 5.74) is 3.58. The molecule has 190 valence electrons. The van der Waals surface area contributed by atoms with Crippen LogP contribution in [0.25, 0.3) is 22.3 Å². The molecule has 3 heteroatoms. The average molecular weight is 491 g/mol. The molecule has 3 aromatic rings. The van der Waals surface area contributed by atoms with Crippen molar-refractivity contribution in [1.29, 1.82) is 0 Å². The molecule has 0 amide bonds. The molecule has 0 aromatic heterocycles. The molecule has 0 radical (unpaired) electrons. The van der Waals surface area contributed by atoms with Crippen LogP contribution in [-0.2, 0) is 6.42 Å². The molecular formula is C33H37F3. The van der Waals surface area contributed by atoms with Gasteiger partial charge in [-0.25, -0.2) is 13.2 Å². The molecule has 1 fully saturated rings. The topological polar surface area (TPSA) is 0 Å². The van der Waals surface area contributed by atoms with Crippen molar-refractivity contribution in [2.75, 3.05) is 0 Å². The summed E-state index contributed by atoms with van der Waals surface area (Å²) in [4.78, 5) is 0. The van der Waals surface area contributed by atoms with Gasteiger partial charge in [-0.2, -0.15) is 0 Å². The maximum absolute atomic E-state index is 15.1. The zero-order chi connectivity index (χ0) is 25.5. The van der Waals surface area contributed by atoms with Gasteiger partial charge in [-0.15, -0.1) is 0 Å². The first-order chi connectivity index (χ1) is 17.5. The smallest absolute Gasteiger partial charge is 0.166 e. The van der Waals surface area contributed by atoms with Crippen molar-refractivity contribution in [2.24, 2.45) is 5.92 Å². The molecule has 0 saturated heterocycles. The molecule has 1 aliphatic carbocycles. The number of halogens is 3. The van der Waals surface area contributed by atoms with Crippen molar-refractivity contribution in [3.8, 4) is 22.3 Å². The monoisotopic (exact) mass is 490 g/mol. The number of hydrogen-bond donors (Lipinski definition) is 0. The van der Waals surface area contributed by atoms with E-state index in [4.69, 9.17) is 0 Å². The second-order valence-electron chi connectivity index (χ2n) is 10.2. The average Bonchev–Trinajstić information content (AvgIpc) is 2.90. The fourth-order valence-corrected chi connectivity index (χ4v) is 5.51. The molecule has 0 N–H and O–H groups in total. The van der Waals surface area contributed by atoms with Gasteiger partial charge < -0.3 is 0 Å². The van der Waals surface area contributed by atoms with Crippen LogP contribution >= 0.6 is 0 Å². The largest absolute Gasteiger partial charge is 0.206 e. The molecule has 36 heavy (non-hydrogen) atoms. The summed E-state index contributed by atoms with van der Waals surface area (Å²) < 4.78 is 44.6. The molecule has 0 unspecified atom stereocenters. The van der Waals surface area contributed by atoms with Gasteiger partial charge in [0.25, 0.3) is 0 Å². The van der Waals surface area contributed by atoms with Crippen LogP contribution in [0.15, 0.2) is 66.7 Å². The number of unbranched alkanes of at least 4 members (excludes halogenated alkanes) is 3. The van der Waals surface area contributed by atoms with E-state index in [2.05, 4.69) is 26.0 Å². The van der Waals surface area contributed by atoms with Crippen LogP contribution in [0, 0.1) is 23.4 Å². The zero-order valence-corrected chi connectivity index (χ0v) is 21.5. The summed E-state index contributed by atoms with van der Waals surface area (Å²) >= 11 is 0. The fraction of sp³-hybridized carbons (Fsp3) is 0.394. The van der Waals surface area contributed by atoms with E-state index in [9.17, 15) is 8.78 Å². The van der Waals surface area contributed by atoms with Crippen molar-refractivity contribution in [3.05, 3.63) is 95.3 Å². The number of benzene rings is 3. The summed E-state index contributed by atoms with van der Waals surface area (Å²) in [5.74, 6) is -0.746. The van der Waals surface area contributed by atoms with E-state index in [1.54, 1.807) is 42.5 Å². The van der Waals surface area contributed by atoms with Gasteiger partial charge in [0.2, 0.25) is 0 Å². The molecule has 0 nitrogen and oxygen atoms in total. The summed E-state index contributed by atoms with van der Waals surface area (Å²) in [6.07, 6.45) is 13.5. The second kappa shape index (κ2) is 12.4. The Morgan fingerprint density at radius 2 is 1.42 bits per heavy atom. The molecule has 3 aromatic carbocycles. The molecule has 0 spiro atoms. The Morgan fingerprint density at radius 3 is 2.06 bits per heavy atom. The van der Waals surface area contributed by atoms with E-state index >= 15 is 4.39 Å². The molecule has 0 bridgehead atoms. The van der Waals surface area contributed by atoms with Crippen LogP contribution in [0.2, 0.25) is 0 Å². The van der Waals surface area contributed by atoms with Crippen LogP contribution in [0.3, 0.4) is 0 Å². The molecule has 0 atom stereocenters. The zero-order valence-electron chi connectivity index (χ0n) is 21.5. The van der Waals surface area contributed by atoms with E-state index in [1.165, 1.54) is 0 Å². The number of hydrogen-bond acceptors (Lipinski definition) is 0. The van der Waals surface area contributed by atoms with Crippen molar-refractivity contribution in [1.82, 2.24) is 0 Å². The quantitative estimate of drug-likeness (QED) is 0.207. The van der Waals surface area contributed by atoms with E-state index in [0.29, 0.717) is 34.9 Å². The van der Waals surface area contributed by atoms with Crippen LogP contribution < -0.4 is 0 Å². The van der Waals surface area contributed by atoms with Gasteiger partial charge in [-0.3, -0.25) is 0 Å². The predicted molar refractivity (Wildman–Crippen MR) is 145 cm³/mol. The molecular weight excluding hydrogens is 453 g/mol. The lowest BCUT2D eigenvalue weighted by Crippen LogP contribution is -2.12. The van der Waals surface area contributed by atoms with Crippen LogP contribution in [0.1, 0.15) is 82.3 Å². The van der Waals surface area contributed by atoms with Crippen molar-refractivity contribution in [3.63, 3.8) is 0 Å². The van der Waals surface area contributed by atoms with Crippen LogP contribution in [0.4, 0.5) is 13.2 Å². The maximum atomic E-state index is 15.1. The standard InChI is InChI=1S/C33H37F3/c1-3-5-6-7-9-27-18-21-30(33(36)32(27)35)26-16-14-25(15-17-26)29-20-19-28(22-31(29)34)24-12-10-23(8-4-2)11-13-24/h4,8,14-24H,3,5-7,9-13H2,1-2H3/b8-4+. The Bertz CT molecular complexity index is 1170.